The van der Waals surface area contributed by atoms with Crippen LogP contribution in [0.2, 0.25) is 0 Å². The molecule has 0 heterocycles. The highest BCUT2D eigenvalue weighted by Gasteiger charge is 2.13. The van der Waals surface area contributed by atoms with Crippen LogP contribution in [0.25, 0.3) is 0 Å². The van der Waals surface area contributed by atoms with E-state index in [9.17, 15) is 9.59 Å². The molecule has 2 N–H and O–H groups in total. The number of rotatable bonds is 0. The highest BCUT2D eigenvalue weighted by atomic mass is 127. The molecule has 0 saturated heterocycles. The van der Waals surface area contributed by atoms with Gasteiger partial charge in [0.15, 0.2) is 0 Å². The maximum absolute atomic E-state index is 10.3. The molecule has 0 aliphatic heterocycles. The second-order valence-electron chi connectivity index (χ2n) is 1.39. The van der Waals surface area contributed by atoms with Gasteiger partial charge in [0.1, 0.15) is 5.69 Å². The molecule has 0 radical (unpaired) electrons. The molecule has 1 rings (SSSR count). The van der Waals surface area contributed by atoms with Crippen LogP contribution in [-0.2, 0) is 0 Å². The molecule has 0 aliphatic carbocycles. The average Bonchev–Trinajstić information content (AvgIpc) is 1.83. The van der Waals surface area contributed by atoms with Crippen molar-refractivity contribution in [3.05, 3.63) is 24.0 Å². The smallest absolute Gasteiger partial charge is 0.250 e. The number of hydrogen-bond donors (Lipinski definition) is 1. The standard InChI is InChI=1S/C4H2INO2/c5-1-2(6)4(8)3(1)7/h6H2. The molecule has 1 aromatic rings. The van der Waals surface area contributed by atoms with Crippen LogP contribution in [0.4, 0.5) is 5.69 Å². The van der Waals surface area contributed by atoms with E-state index in [4.69, 9.17) is 5.73 Å². The first-order valence-electron chi connectivity index (χ1n) is 1.89. The van der Waals surface area contributed by atoms with E-state index in [0.29, 0.717) is 3.57 Å². The van der Waals surface area contributed by atoms with Gasteiger partial charge in [-0.3, -0.25) is 9.59 Å². The van der Waals surface area contributed by atoms with E-state index < -0.39 is 10.9 Å². The number of halogens is 1. The van der Waals surface area contributed by atoms with Crippen LogP contribution < -0.4 is 16.6 Å². The van der Waals surface area contributed by atoms with Crippen LogP contribution in [0.15, 0.2) is 9.59 Å². The third kappa shape index (κ3) is 0.489. The van der Waals surface area contributed by atoms with Gasteiger partial charge in [-0.05, 0) is 22.6 Å². The lowest BCUT2D eigenvalue weighted by atomic mass is 10.3. The normalized spacial score (nSPS) is 10.1. The summed E-state index contributed by atoms with van der Waals surface area (Å²) in [7, 11) is 0. The van der Waals surface area contributed by atoms with Gasteiger partial charge in [-0.25, -0.2) is 0 Å². The van der Waals surface area contributed by atoms with Crippen molar-refractivity contribution in [2.45, 2.75) is 0 Å². The van der Waals surface area contributed by atoms with Crippen LogP contribution in [-0.4, -0.2) is 0 Å². The second-order valence-corrected chi connectivity index (χ2v) is 2.46. The van der Waals surface area contributed by atoms with Crippen LogP contribution >= 0.6 is 22.6 Å². The van der Waals surface area contributed by atoms with E-state index in [1.54, 1.807) is 22.6 Å². The van der Waals surface area contributed by atoms with Crippen molar-refractivity contribution >= 4 is 28.3 Å². The Morgan fingerprint density at radius 2 is 1.75 bits per heavy atom. The number of anilines is 1. The first-order chi connectivity index (χ1) is 3.64. The molecule has 0 aromatic heterocycles. The lowest BCUT2D eigenvalue weighted by molar-refractivity contribution is 1.37. The van der Waals surface area contributed by atoms with E-state index in [1.165, 1.54) is 0 Å². The average molecular weight is 223 g/mol. The molecule has 0 atom stereocenters. The molecule has 1 aromatic carbocycles. The largest absolute Gasteiger partial charge is 0.394 e. The van der Waals surface area contributed by atoms with Crippen LogP contribution in [0.5, 0.6) is 0 Å². The molecule has 0 saturated carbocycles. The third-order valence-electron chi connectivity index (χ3n) is 0.887. The third-order valence-corrected chi connectivity index (χ3v) is 1.96. The molecule has 0 spiro atoms. The van der Waals surface area contributed by atoms with Crippen molar-refractivity contribution in [1.29, 1.82) is 0 Å². The van der Waals surface area contributed by atoms with Crippen molar-refractivity contribution in [2.75, 3.05) is 5.73 Å². The zero-order valence-electron chi connectivity index (χ0n) is 3.77. The van der Waals surface area contributed by atoms with E-state index >= 15 is 0 Å². The fourth-order valence-electron chi connectivity index (χ4n) is 0.381. The Morgan fingerprint density at radius 3 is 1.88 bits per heavy atom. The van der Waals surface area contributed by atoms with Crippen molar-refractivity contribution in [1.82, 2.24) is 0 Å². The Bertz CT molecular complexity index is 254. The van der Waals surface area contributed by atoms with Crippen LogP contribution in [0.1, 0.15) is 0 Å². The molecular weight excluding hydrogens is 221 g/mol. The topological polar surface area (TPSA) is 60.2 Å². The Balaban J connectivity index is 3.48. The van der Waals surface area contributed by atoms with Gasteiger partial charge in [-0.1, -0.05) is 0 Å². The molecule has 42 valence electrons. The minimum atomic E-state index is -0.547. The second kappa shape index (κ2) is 1.54. The fraction of sp³-hybridized carbons (Fsp3) is 0. The van der Waals surface area contributed by atoms with E-state index in [1.807, 2.05) is 0 Å². The predicted molar refractivity (Wildman–Crippen MR) is 38.5 cm³/mol. The van der Waals surface area contributed by atoms with Gasteiger partial charge in [0.2, 0.25) is 5.43 Å². The van der Waals surface area contributed by atoms with Crippen molar-refractivity contribution < 1.29 is 0 Å². The molecule has 0 amide bonds. The molecule has 3 nitrogen and oxygen atoms in total. The minimum Gasteiger partial charge on any atom is -0.394 e. The van der Waals surface area contributed by atoms with E-state index in [2.05, 4.69) is 0 Å². The van der Waals surface area contributed by atoms with Gasteiger partial charge in [-0.15, -0.1) is 0 Å². The van der Waals surface area contributed by atoms with Crippen LogP contribution in [0, 0.1) is 3.57 Å². The zero-order valence-corrected chi connectivity index (χ0v) is 5.93. The molecule has 0 aliphatic rings. The maximum atomic E-state index is 10.3. The molecule has 0 unspecified atom stereocenters. The van der Waals surface area contributed by atoms with Gasteiger partial charge < -0.3 is 5.73 Å². The molecule has 0 bridgehead atoms. The van der Waals surface area contributed by atoms with Gasteiger partial charge >= 0.3 is 0 Å². The van der Waals surface area contributed by atoms with E-state index in [0.717, 1.165) is 0 Å². The molecule has 4 heteroatoms. The lowest BCUT2D eigenvalue weighted by Crippen LogP contribution is -2.36. The Labute approximate surface area is 58.3 Å². The summed E-state index contributed by atoms with van der Waals surface area (Å²) < 4.78 is 0.368. The first kappa shape index (κ1) is 5.74. The number of nitrogens with two attached hydrogens (primary N) is 1. The maximum Gasteiger partial charge on any atom is 0.250 e. The SMILES string of the molecule is Nc1c(I)c(=O)c1=O. The van der Waals surface area contributed by atoms with Crippen molar-refractivity contribution in [3.8, 4) is 0 Å². The first-order valence-corrected chi connectivity index (χ1v) is 2.96. The summed E-state index contributed by atoms with van der Waals surface area (Å²) >= 11 is 1.74. The summed E-state index contributed by atoms with van der Waals surface area (Å²) in [6, 6.07) is 0. The quantitative estimate of drug-likeness (QED) is 0.475. The monoisotopic (exact) mass is 223 g/mol. The molecular formula is C4H2INO2. The molecule has 0 fully saturated rings. The summed E-state index contributed by atoms with van der Waals surface area (Å²) in [6.45, 7) is 0. The van der Waals surface area contributed by atoms with Gasteiger partial charge in [0.05, 0.1) is 3.57 Å². The summed E-state index contributed by atoms with van der Waals surface area (Å²) in [5.41, 5.74) is 4.16. The Morgan fingerprint density at radius 1 is 1.25 bits per heavy atom. The predicted octanol–water partition coefficient (Wildman–Crippen LogP) is -0.531. The Hall–Kier alpha value is -0.390. The summed E-state index contributed by atoms with van der Waals surface area (Å²) in [5, 5.41) is 0. The fourth-order valence-corrected chi connectivity index (χ4v) is 0.871. The van der Waals surface area contributed by atoms with Gasteiger partial charge in [0.25, 0.3) is 5.43 Å². The van der Waals surface area contributed by atoms with Crippen molar-refractivity contribution in [3.63, 3.8) is 0 Å². The summed E-state index contributed by atoms with van der Waals surface area (Å²) in [5.74, 6) is 0. The summed E-state index contributed by atoms with van der Waals surface area (Å²) in [4.78, 5) is 20.5. The zero-order chi connectivity index (χ0) is 6.31. The highest BCUT2D eigenvalue weighted by Crippen LogP contribution is 2.03. The number of hydrogen-bond acceptors (Lipinski definition) is 3. The minimum absolute atomic E-state index is 0.107. The summed E-state index contributed by atoms with van der Waals surface area (Å²) in [6.07, 6.45) is 0. The van der Waals surface area contributed by atoms with Gasteiger partial charge in [0, 0.05) is 0 Å². The lowest BCUT2D eigenvalue weighted by Gasteiger charge is -1.93. The highest BCUT2D eigenvalue weighted by molar-refractivity contribution is 14.1. The Kier molecular flexibility index (Phi) is 1.11. The van der Waals surface area contributed by atoms with E-state index in [-0.39, 0.29) is 5.69 Å². The van der Waals surface area contributed by atoms with Crippen LogP contribution in [0.3, 0.4) is 0 Å². The number of nitrogen functional groups attached to an aromatic ring is 1. The van der Waals surface area contributed by atoms with Gasteiger partial charge in [-0.2, -0.15) is 0 Å². The van der Waals surface area contributed by atoms with Crippen molar-refractivity contribution in [2.24, 2.45) is 0 Å². The molecule has 8 heavy (non-hydrogen) atoms.